The number of sulfonamides is 1. The smallest absolute Gasteiger partial charge is 0.335 e. The number of carboxylic acids is 1. The largest absolute Gasteiger partial charge is 0.478 e. The molecule has 1 atom stereocenters. The van der Waals surface area contributed by atoms with Crippen molar-refractivity contribution in [3.8, 4) is 0 Å². The van der Waals surface area contributed by atoms with E-state index < -0.39 is 22.0 Å². The number of methoxy groups -OCH3 is 1. The third-order valence-corrected chi connectivity index (χ3v) is 4.43. The third-order valence-electron chi connectivity index (χ3n) is 2.80. The molecule has 8 heteroatoms. The molecule has 0 aliphatic heterocycles. The van der Waals surface area contributed by atoms with Gasteiger partial charge in [0.1, 0.15) is 4.90 Å². The van der Waals surface area contributed by atoms with Crippen LogP contribution in [0.1, 0.15) is 38.1 Å². The van der Waals surface area contributed by atoms with E-state index in [1.165, 1.54) is 19.2 Å². The molecule has 0 aromatic heterocycles. The van der Waals surface area contributed by atoms with E-state index >= 15 is 0 Å². The van der Waals surface area contributed by atoms with Crippen molar-refractivity contribution in [3.05, 3.63) is 23.8 Å². The second kappa shape index (κ2) is 7.29. The molecule has 1 aromatic carbocycles. The zero-order valence-electron chi connectivity index (χ0n) is 14.0. The molecule has 0 saturated heterocycles. The van der Waals surface area contributed by atoms with Crippen LogP contribution in [0.15, 0.2) is 23.1 Å². The molecule has 7 nitrogen and oxygen atoms in total. The van der Waals surface area contributed by atoms with Gasteiger partial charge in [0.2, 0.25) is 10.0 Å². The van der Waals surface area contributed by atoms with E-state index in [1.54, 1.807) is 6.92 Å². The second-order valence-corrected chi connectivity index (χ2v) is 8.05. The van der Waals surface area contributed by atoms with Gasteiger partial charge < -0.3 is 15.2 Å². The lowest BCUT2D eigenvalue weighted by Gasteiger charge is -2.25. The molecule has 0 aliphatic rings. The van der Waals surface area contributed by atoms with Crippen molar-refractivity contribution in [3.63, 3.8) is 0 Å². The molecule has 23 heavy (non-hydrogen) atoms. The highest BCUT2D eigenvalue weighted by atomic mass is 32.2. The average Bonchev–Trinajstić information content (AvgIpc) is 2.36. The number of rotatable bonds is 7. The van der Waals surface area contributed by atoms with Crippen molar-refractivity contribution in [1.82, 2.24) is 4.72 Å². The van der Waals surface area contributed by atoms with Gasteiger partial charge in [0.25, 0.3) is 0 Å². The Morgan fingerprint density at radius 3 is 2.43 bits per heavy atom. The fourth-order valence-electron chi connectivity index (χ4n) is 2.00. The van der Waals surface area contributed by atoms with E-state index in [4.69, 9.17) is 9.84 Å². The maximum atomic E-state index is 12.6. The number of carboxylic acid groups (broad SMARTS) is 1. The number of carbonyl (C=O) groups is 1. The lowest BCUT2D eigenvalue weighted by atomic mass is 10.1. The first kappa shape index (κ1) is 19.4. The standard InChI is InChI=1S/C15H24N2O5S/c1-10(9-22-5)17-23(20,21)13-8-11(14(18)19)6-7-12(13)16-15(2,3)4/h6-8,10,16-17H,9H2,1-5H3,(H,18,19). The van der Waals surface area contributed by atoms with Gasteiger partial charge in [-0.2, -0.15) is 0 Å². The van der Waals surface area contributed by atoms with Gasteiger partial charge in [0.15, 0.2) is 0 Å². The molecule has 1 aromatic rings. The molecule has 0 fully saturated rings. The van der Waals surface area contributed by atoms with Crippen LogP contribution < -0.4 is 10.0 Å². The van der Waals surface area contributed by atoms with E-state index in [1.807, 2.05) is 20.8 Å². The summed E-state index contributed by atoms with van der Waals surface area (Å²) < 4.78 is 32.6. The van der Waals surface area contributed by atoms with Crippen LogP contribution in [0.3, 0.4) is 0 Å². The Labute approximate surface area is 137 Å². The van der Waals surface area contributed by atoms with Crippen molar-refractivity contribution >= 4 is 21.7 Å². The predicted octanol–water partition coefficient (Wildman–Crippen LogP) is 1.91. The first-order valence-corrected chi connectivity index (χ1v) is 8.61. The van der Waals surface area contributed by atoms with Crippen molar-refractivity contribution in [1.29, 1.82) is 0 Å². The van der Waals surface area contributed by atoms with E-state index in [9.17, 15) is 13.2 Å². The Morgan fingerprint density at radius 1 is 1.35 bits per heavy atom. The van der Waals surface area contributed by atoms with Crippen molar-refractivity contribution in [2.75, 3.05) is 19.0 Å². The topological polar surface area (TPSA) is 105 Å². The summed E-state index contributed by atoms with van der Waals surface area (Å²) in [6.45, 7) is 7.53. The van der Waals surface area contributed by atoms with Gasteiger partial charge in [0.05, 0.1) is 17.9 Å². The number of nitrogens with one attached hydrogen (secondary N) is 2. The normalized spacial score (nSPS) is 13.6. The van der Waals surface area contributed by atoms with E-state index in [2.05, 4.69) is 10.0 Å². The summed E-state index contributed by atoms with van der Waals surface area (Å²) >= 11 is 0. The average molecular weight is 344 g/mol. The first-order valence-electron chi connectivity index (χ1n) is 7.13. The molecular formula is C15H24N2O5S. The predicted molar refractivity (Wildman–Crippen MR) is 88.4 cm³/mol. The Balaban J connectivity index is 3.33. The van der Waals surface area contributed by atoms with E-state index in [0.29, 0.717) is 5.69 Å². The van der Waals surface area contributed by atoms with Crippen LogP contribution in [0.5, 0.6) is 0 Å². The molecule has 0 bridgehead atoms. The van der Waals surface area contributed by atoms with Crippen LogP contribution in [0, 0.1) is 0 Å². The summed E-state index contributed by atoms with van der Waals surface area (Å²) in [6, 6.07) is 3.54. The van der Waals surface area contributed by atoms with E-state index in [-0.39, 0.29) is 22.6 Å². The summed E-state index contributed by atoms with van der Waals surface area (Å²) in [5.41, 5.74) is -0.128. The van der Waals surface area contributed by atoms with Crippen LogP contribution in [0.2, 0.25) is 0 Å². The number of anilines is 1. The van der Waals surface area contributed by atoms with Crippen LogP contribution in [-0.4, -0.2) is 44.8 Å². The Kier molecular flexibility index (Phi) is 6.15. The highest BCUT2D eigenvalue weighted by molar-refractivity contribution is 7.89. The van der Waals surface area contributed by atoms with Gasteiger partial charge in [-0.25, -0.2) is 17.9 Å². The van der Waals surface area contributed by atoms with Gasteiger partial charge in [-0.15, -0.1) is 0 Å². The summed E-state index contributed by atoms with van der Waals surface area (Å²) in [6.07, 6.45) is 0. The zero-order valence-corrected chi connectivity index (χ0v) is 14.8. The van der Waals surface area contributed by atoms with Gasteiger partial charge >= 0.3 is 5.97 Å². The third kappa shape index (κ3) is 5.81. The van der Waals surface area contributed by atoms with Crippen molar-refractivity contribution in [2.24, 2.45) is 0 Å². The molecule has 0 saturated carbocycles. The molecule has 0 spiro atoms. The van der Waals surface area contributed by atoms with Gasteiger partial charge in [-0.3, -0.25) is 0 Å². The van der Waals surface area contributed by atoms with Crippen LogP contribution in [0.25, 0.3) is 0 Å². The first-order chi connectivity index (χ1) is 10.5. The maximum Gasteiger partial charge on any atom is 0.335 e. The quantitative estimate of drug-likeness (QED) is 0.698. The summed E-state index contributed by atoms with van der Waals surface area (Å²) in [7, 11) is -2.42. The number of hydrogen-bond donors (Lipinski definition) is 3. The summed E-state index contributed by atoms with van der Waals surface area (Å²) in [5.74, 6) is -1.19. The minimum absolute atomic E-state index is 0.0933. The minimum atomic E-state index is -3.90. The van der Waals surface area contributed by atoms with Crippen molar-refractivity contribution < 1.29 is 23.1 Å². The monoisotopic (exact) mass is 344 g/mol. The lowest BCUT2D eigenvalue weighted by molar-refractivity contribution is 0.0696. The number of hydrogen-bond acceptors (Lipinski definition) is 5. The van der Waals surface area contributed by atoms with Crippen LogP contribution >= 0.6 is 0 Å². The molecule has 1 rings (SSSR count). The molecule has 0 aliphatic carbocycles. The van der Waals surface area contributed by atoms with Gasteiger partial charge in [-0.1, -0.05) is 0 Å². The summed E-state index contributed by atoms with van der Waals surface area (Å²) in [4.78, 5) is 11.0. The summed E-state index contributed by atoms with van der Waals surface area (Å²) in [5, 5.41) is 12.2. The Hall–Kier alpha value is -1.64. The Bertz CT molecular complexity index is 665. The molecule has 3 N–H and O–H groups in total. The number of ether oxygens (including phenoxy) is 1. The lowest BCUT2D eigenvalue weighted by Crippen LogP contribution is -2.36. The highest BCUT2D eigenvalue weighted by Crippen LogP contribution is 2.26. The number of aromatic carboxylic acids is 1. The molecule has 130 valence electrons. The fraction of sp³-hybridized carbons (Fsp3) is 0.533. The molecular weight excluding hydrogens is 320 g/mol. The van der Waals surface area contributed by atoms with Gasteiger partial charge in [0, 0.05) is 18.7 Å². The fourth-order valence-corrected chi connectivity index (χ4v) is 3.41. The molecule has 0 heterocycles. The van der Waals surface area contributed by atoms with Crippen LogP contribution in [-0.2, 0) is 14.8 Å². The molecule has 1 unspecified atom stereocenters. The van der Waals surface area contributed by atoms with E-state index in [0.717, 1.165) is 6.07 Å². The SMILES string of the molecule is COCC(C)NS(=O)(=O)c1cc(C(=O)O)ccc1NC(C)(C)C. The van der Waals surface area contributed by atoms with Gasteiger partial charge in [-0.05, 0) is 45.9 Å². The minimum Gasteiger partial charge on any atom is -0.478 e. The highest BCUT2D eigenvalue weighted by Gasteiger charge is 2.24. The molecule has 0 radical (unpaired) electrons. The maximum absolute atomic E-state index is 12.6. The second-order valence-electron chi connectivity index (χ2n) is 6.37. The van der Waals surface area contributed by atoms with Crippen molar-refractivity contribution in [2.45, 2.75) is 44.2 Å². The Morgan fingerprint density at radius 2 is 1.96 bits per heavy atom. The molecule has 0 amide bonds. The zero-order chi connectivity index (χ0) is 17.8. The van der Waals surface area contributed by atoms with Crippen LogP contribution in [0.4, 0.5) is 5.69 Å². The number of benzene rings is 1.